The summed E-state index contributed by atoms with van der Waals surface area (Å²) in [5, 5.41) is 2.62. The molecule has 0 bridgehead atoms. The fraction of sp³-hybridized carbons (Fsp3) is 0.286. The minimum atomic E-state index is 0.135. The highest BCUT2D eigenvalue weighted by Crippen LogP contribution is 2.34. The average Bonchev–Trinajstić information content (AvgIpc) is 3.05. The SMILES string of the molecule is CC1(CSc2ccc3ccccc3c2)CO1. The first-order valence-electron chi connectivity index (χ1n) is 5.51. The van der Waals surface area contributed by atoms with Crippen LogP contribution in [0.1, 0.15) is 6.92 Å². The van der Waals surface area contributed by atoms with Crippen LogP contribution >= 0.6 is 11.8 Å². The van der Waals surface area contributed by atoms with Gasteiger partial charge in [-0.25, -0.2) is 0 Å². The number of thioether (sulfide) groups is 1. The molecule has 1 heterocycles. The Kier molecular flexibility index (Phi) is 2.41. The third kappa shape index (κ3) is 2.08. The molecule has 0 saturated carbocycles. The minimum Gasteiger partial charge on any atom is -0.369 e. The summed E-state index contributed by atoms with van der Waals surface area (Å²) in [5.74, 6) is 1.05. The van der Waals surface area contributed by atoms with E-state index >= 15 is 0 Å². The standard InChI is InChI=1S/C14H14OS/c1-14(9-15-14)10-16-13-7-6-11-4-2-3-5-12(11)8-13/h2-8H,9-10H2,1H3. The smallest absolute Gasteiger partial charge is 0.0981 e. The molecular weight excluding hydrogens is 216 g/mol. The van der Waals surface area contributed by atoms with Gasteiger partial charge in [-0.1, -0.05) is 30.3 Å². The van der Waals surface area contributed by atoms with Crippen LogP contribution in [0.15, 0.2) is 47.4 Å². The topological polar surface area (TPSA) is 12.5 Å². The van der Waals surface area contributed by atoms with Gasteiger partial charge in [-0.05, 0) is 29.8 Å². The highest BCUT2D eigenvalue weighted by atomic mass is 32.2. The van der Waals surface area contributed by atoms with Crippen LogP contribution in [0.4, 0.5) is 0 Å². The first kappa shape index (κ1) is 10.2. The highest BCUT2D eigenvalue weighted by molar-refractivity contribution is 7.99. The largest absolute Gasteiger partial charge is 0.369 e. The van der Waals surface area contributed by atoms with Gasteiger partial charge in [-0.2, -0.15) is 0 Å². The quantitative estimate of drug-likeness (QED) is 0.588. The van der Waals surface area contributed by atoms with Gasteiger partial charge < -0.3 is 4.74 Å². The number of benzene rings is 2. The summed E-state index contributed by atoms with van der Waals surface area (Å²) < 4.78 is 5.38. The van der Waals surface area contributed by atoms with Gasteiger partial charge in [0.2, 0.25) is 0 Å². The van der Waals surface area contributed by atoms with Gasteiger partial charge in [0.15, 0.2) is 0 Å². The van der Waals surface area contributed by atoms with E-state index in [2.05, 4.69) is 49.4 Å². The lowest BCUT2D eigenvalue weighted by Crippen LogP contribution is -2.07. The maximum atomic E-state index is 5.38. The van der Waals surface area contributed by atoms with E-state index < -0.39 is 0 Å². The van der Waals surface area contributed by atoms with Crippen LogP contribution < -0.4 is 0 Å². The zero-order valence-electron chi connectivity index (χ0n) is 9.27. The van der Waals surface area contributed by atoms with Crippen molar-refractivity contribution in [3.05, 3.63) is 42.5 Å². The first-order valence-corrected chi connectivity index (χ1v) is 6.49. The van der Waals surface area contributed by atoms with Crippen LogP contribution in [0.3, 0.4) is 0 Å². The summed E-state index contributed by atoms with van der Waals surface area (Å²) in [5.41, 5.74) is 0.135. The van der Waals surface area contributed by atoms with Crippen LogP contribution in [0, 0.1) is 0 Å². The molecule has 0 aliphatic carbocycles. The number of fused-ring (bicyclic) bond motifs is 1. The molecule has 0 radical (unpaired) electrons. The number of epoxide rings is 1. The van der Waals surface area contributed by atoms with Gasteiger partial charge in [0.05, 0.1) is 12.2 Å². The van der Waals surface area contributed by atoms with Crippen molar-refractivity contribution < 1.29 is 4.74 Å². The number of hydrogen-bond acceptors (Lipinski definition) is 2. The van der Waals surface area contributed by atoms with E-state index in [0.29, 0.717) is 0 Å². The Bertz CT molecular complexity index is 517. The monoisotopic (exact) mass is 230 g/mol. The van der Waals surface area contributed by atoms with Crippen molar-refractivity contribution in [3.63, 3.8) is 0 Å². The van der Waals surface area contributed by atoms with Crippen LogP contribution in [-0.2, 0) is 4.74 Å². The summed E-state index contributed by atoms with van der Waals surface area (Å²) >= 11 is 1.88. The van der Waals surface area contributed by atoms with Crippen molar-refractivity contribution in [1.29, 1.82) is 0 Å². The number of rotatable bonds is 3. The summed E-state index contributed by atoms with van der Waals surface area (Å²) in [6.07, 6.45) is 0. The lowest BCUT2D eigenvalue weighted by molar-refractivity contribution is 0.348. The van der Waals surface area contributed by atoms with Gasteiger partial charge in [0.1, 0.15) is 0 Å². The molecule has 1 aliphatic rings. The molecule has 16 heavy (non-hydrogen) atoms. The second kappa shape index (κ2) is 3.79. The average molecular weight is 230 g/mol. The maximum absolute atomic E-state index is 5.38. The van der Waals surface area contributed by atoms with Crippen LogP contribution in [0.2, 0.25) is 0 Å². The fourth-order valence-electron chi connectivity index (χ4n) is 1.70. The molecule has 0 spiro atoms. The van der Waals surface area contributed by atoms with E-state index in [1.807, 2.05) is 11.8 Å². The highest BCUT2D eigenvalue weighted by Gasteiger charge is 2.38. The van der Waals surface area contributed by atoms with Crippen LogP contribution in [0.5, 0.6) is 0 Å². The fourth-order valence-corrected chi connectivity index (χ4v) is 2.71. The van der Waals surface area contributed by atoms with Crippen LogP contribution in [-0.4, -0.2) is 18.0 Å². The summed E-state index contributed by atoms with van der Waals surface area (Å²) in [4.78, 5) is 1.33. The zero-order chi connectivity index (χ0) is 11.0. The second-order valence-electron chi connectivity index (χ2n) is 4.54. The van der Waals surface area contributed by atoms with Gasteiger partial charge in [-0.3, -0.25) is 0 Å². The molecule has 3 rings (SSSR count). The summed E-state index contributed by atoms with van der Waals surface area (Å²) in [6, 6.07) is 15.1. The second-order valence-corrected chi connectivity index (χ2v) is 5.58. The van der Waals surface area contributed by atoms with Gasteiger partial charge in [0, 0.05) is 10.6 Å². The van der Waals surface area contributed by atoms with Crippen molar-refractivity contribution >= 4 is 22.5 Å². The van der Waals surface area contributed by atoms with Crippen molar-refractivity contribution in [2.24, 2.45) is 0 Å². The Morgan fingerprint density at radius 3 is 2.69 bits per heavy atom. The lowest BCUT2D eigenvalue weighted by atomic mass is 10.1. The Morgan fingerprint density at radius 2 is 1.94 bits per heavy atom. The summed E-state index contributed by atoms with van der Waals surface area (Å²) in [6.45, 7) is 3.08. The van der Waals surface area contributed by atoms with E-state index in [9.17, 15) is 0 Å². The third-order valence-electron chi connectivity index (χ3n) is 2.90. The van der Waals surface area contributed by atoms with E-state index in [-0.39, 0.29) is 5.60 Å². The number of ether oxygens (including phenoxy) is 1. The molecule has 2 heteroatoms. The summed E-state index contributed by atoms with van der Waals surface area (Å²) in [7, 11) is 0. The van der Waals surface area contributed by atoms with Gasteiger partial charge in [0.25, 0.3) is 0 Å². The molecule has 1 atom stereocenters. The molecular formula is C14H14OS. The molecule has 0 N–H and O–H groups in total. The van der Waals surface area contributed by atoms with E-state index in [4.69, 9.17) is 4.74 Å². The molecule has 0 amide bonds. The first-order chi connectivity index (χ1) is 7.75. The normalized spacial score (nSPS) is 23.6. The molecule has 2 aromatic carbocycles. The van der Waals surface area contributed by atoms with Crippen molar-refractivity contribution in [2.75, 3.05) is 12.4 Å². The van der Waals surface area contributed by atoms with Crippen molar-refractivity contribution in [1.82, 2.24) is 0 Å². The third-order valence-corrected chi connectivity index (χ3v) is 4.24. The molecule has 1 aliphatic heterocycles. The number of hydrogen-bond donors (Lipinski definition) is 0. The van der Waals surface area contributed by atoms with Gasteiger partial charge in [-0.15, -0.1) is 11.8 Å². The van der Waals surface area contributed by atoms with Crippen molar-refractivity contribution in [3.8, 4) is 0 Å². The minimum absolute atomic E-state index is 0.135. The molecule has 1 saturated heterocycles. The predicted molar refractivity (Wildman–Crippen MR) is 69.0 cm³/mol. The van der Waals surface area contributed by atoms with Crippen LogP contribution in [0.25, 0.3) is 10.8 Å². The molecule has 1 nitrogen and oxygen atoms in total. The Balaban J connectivity index is 1.81. The van der Waals surface area contributed by atoms with E-state index in [1.54, 1.807) is 0 Å². The Labute approximate surface area is 99.8 Å². The molecule has 82 valence electrons. The molecule has 1 fully saturated rings. The van der Waals surface area contributed by atoms with Crippen molar-refractivity contribution in [2.45, 2.75) is 17.4 Å². The van der Waals surface area contributed by atoms with Gasteiger partial charge >= 0.3 is 0 Å². The Morgan fingerprint density at radius 1 is 1.19 bits per heavy atom. The van der Waals surface area contributed by atoms with E-state index in [0.717, 1.165) is 12.4 Å². The Hall–Kier alpha value is -0.990. The maximum Gasteiger partial charge on any atom is 0.0981 e. The molecule has 2 aromatic rings. The zero-order valence-corrected chi connectivity index (χ0v) is 10.1. The molecule has 1 unspecified atom stereocenters. The predicted octanol–water partition coefficient (Wildman–Crippen LogP) is 3.72. The molecule has 0 aromatic heterocycles. The van der Waals surface area contributed by atoms with E-state index in [1.165, 1.54) is 15.7 Å². The lowest BCUT2D eigenvalue weighted by Gasteiger charge is -2.06.